The summed E-state index contributed by atoms with van der Waals surface area (Å²) in [6.45, 7) is 4.79. The zero-order chi connectivity index (χ0) is 77.4. The number of benzene rings is 7. The highest BCUT2D eigenvalue weighted by Gasteiger charge is 2.36. The molecule has 2 fully saturated rings. The zero-order valence-corrected chi connectivity index (χ0v) is 62.0. The van der Waals surface area contributed by atoms with E-state index in [4.69, 9.17) is 4.74 Å². The molecule has 576 valence electrons. The molecular weight excluding hydrogens is 1490 g/mol. The molecular formula is C80H78F9N11O7S3. The van der Waals surface area contributed by atoms with Crippen molar-refractivity contribution in [2.24, 2.45) is 0 Å². The Morgan fingerprint density at radius 2 is 0.764 bits per heavy atom. The van der Waals surface area contributed by atoms with Gasteiger partial charge in [0.25, 0.3) is 0 Å². The number of morpholine rings is 1. The monoisotopic (exact) mass is 1570 g/mol. The molecule has 7 aromatic carbocycles. The van der Waals surface area contributed by atoms with Crippen molar-refractivity contribution in [3.63, 3.8) is 0 Å². The van der Waals surface area contributed by atoms with E-state index in [1.54, 1.807) is 35.1 Å². The van der Waals surface area contributed by atoms with Crippen LogP contribution in [0.1, 0.15) is 142 Å². The summed E-state index contributed by atoms with van der Waals surface area (Å²) in [6.07, 6.45) is 12.6. The second-order valence-corrected chi connectivity index (χ2v) is 32.3. The van der Waals surface area contributed by atoms with Crippen molar-refractivity contribution in [1.82, 2.24) is 53.7 Å². The first-order valence-electron chi connectivity index (χ1n) is 36.0. The third-order valence-electron chi connectivity index (χ3n) is 19.8. The van der Waals surface area contributed by atoms with Gasteiger partial charge in [0.2, 0.25) is 30.1 Å². The summed E-state index contributed by atoms with van der Waals surface area (Å²) in [4.78, 5) is 5.08. The Kier molecular flexibility index (Phi) is 24.5. The number of fused-ring (bicyclic) bond motifs is 3. The van der Waals surface area contributed by atoms with E-state index >= 15 is 0 Å². The van der Waals surface area contributed by atoms with Crippen LogP contribution in [-0.4, -0.2) is 104 Å². The topological polar surface area (TPSA) is 208 Å². The lowest BCUT2D eigenvalue weighted by atomic mass is 9.97. The molecule has 30 heteroatoms. The van der Waals surface area contributed by atoms with Gasteiger partial charge in [-0.25, -0.2) is 93.6 Å². The molecule has 4 atom stereocenters. The first kappa shape index (κ1) is 78.5. The van der Waals surface area contributed by atoms with E-state index in [1.165, 1.54) is 86.9 Å². The van der Waals surface area contributed by atoms with Gasteiger partial charge in [-0.1, -0.05) is 73.2 Å². The standard InChI is InChI=1S/C29H26F3N3O2S.C26H27F3N4O2S.C25H25F3N4O3S/c1-19(21-7-3-2-4-8-21)34-38(36,37)15-14-27-25-12-10-22(16-20-6-5-9-23(30)17-20)29(25)35(33-27)28-13-11-24(31)18-26(28)32;27-20-6-4-5-18(16-20)15-19-7-9-22-24(11-14-36(34,35)31-32-12-2-1-3-13-32)30-33(26(19)22)25-10-8-21(28)17-23(25)29;26-19-3-1-2-17(15-19)14-18-4-6-21-23(8-13-36(33,34)30-31-9-11-35-12-10-31)29-32(25(18)21)24-7-5-20(27)16-22(24)28/h2-9,11,13-15,17-19,22,34H,10,12,16H2,1H3;4-6,8,10-11,14,16-17,19,31H,1-3,7,9,12-13,15H2;1-3,5,7-8,13,15-16,18,30H,4,6,9-12,14H2/b15-14+;14-11+;13-8+/t19-,22?;;/m0../s1. The number of hydrazine groups is 2. The molecule has 2 saturated heterocycles. The first-order chi connectivity index (χ1) is 52.8. The Hall–Kier alpha value is -9.63. The Balaban J connectivity index is 0.000000145. The van der Waals surface area contributed by atoms with E-state index < -0.39 is 71.0 Å². The normalized spacial score (nSPS) is 17.8. The molecule has 0 spiro atoms. The third kappa shape index (κ3) is 19.4. The molecule has 2 aliphatic heterocycles. The van der Waals surface area contributed by atoms with Gasteiger partial charge in [-0.3, -0.25) is 0 Å². The van der Waals surface area contributed by atoms with Crippen molar-refractivity contribution in [3.05, 3.63) is 299 Å². The molecule has 3 aliphatic carbocycles. The van der Waals surface area contributed by atoms with Crippen LogP contribution in [0.2, 0.25) is 0 Å². The highest BCUT2D eigenvalue weighted by atomic mass is 32.2. The van der Waals surface area contributed by atoms with E-state index in [0.717, 1.165) is 117 Å². The molecule has 15 rings (SSSR count). The van der Waals surface area contributed by atoms with Crippen LogP contribution in [0.4, 0.5) is 39.5 Å². The number of rotatable bonds is 22. The van der Waals surface area contributed by atoms with Gasteiger partial charge in [-0.05, 0) is 191 Å². The zero-order valence-electron chi connectivity index (χ0n) is 59.6. The first-order valence-corrected chi connectivity index (χ1v) is 40.6. The summed E-state index contributed by atoms with van der Waals surface area (Å²) in [5, 5.41) is 20.0. The number of hydrogen-bond donors (Lipinski definition) is 3. The minimum absolute atomic E-state index is 0.0622. The maximum atomic E-state index is 14.8. The molecule has 110 heavy (non-hydrogen) atoms. The minimum Gasteiger partial charge on any atom is -0.379 e. The molecule has 5 aliphatic rings. The summed E-state index contributed by atoms with van der Waals surface area (Å²) >= 11 is 0. The summed E-state index contributed by atoms with van der Waals surface area (Å²) in [7, 11) is -11.4. The van der Waals surface area contributed by atoms with Gasteiger partial charge in [0.15, 0.2) is 17.5 Å². The van der Waals surface area contributed by atoms with Gasteiger partial charge in [-0.2, -0.15) is 15.3 Å². The summed E-state index contributed by atoms with van der Waals surface area (Å²) in [6, 6.07) is 37.4. The summed E-state index contributed by atoms with van der Waals surface area (Å²) in [5.41, 5.74) is 9.13. The Morgan fingerprint density at radius 1 is 0.418 bits per heavy atom. The maximum Gasteiger partial charge on any atom is 0.246 e. The second-order valence-electron chi connectivity index (χ2n) is 27.6. The molecule has 3 aromatic heterocycles. The van der Waals surface area contributed by atoms with Gasteiger partial charge < -0.3 is 4.74 Å². The quantitative estimate of drug-likeness (QED) is 0.0542. The number of nitrogens with one attached hydrogen (secondary N) is 3. The predicted octanol–water partition coefficient (Wildman–Crippen LogP) is 14.8. The smallest absolute Gasteiger partial charge is 0.246 e. The predicted molar refractivity (Wildman–Crippen MR) is 400 cm³/mol. The number of aromatic nitrogens is 6. The van der Waals surface area contributed by atoms with Crippen LogP contribution in [0, 0.1) is 52.4 Å². The van der Waals surface area contributed by atoms with Crippen molar-refractivity contribution in [1.29, 1.82) is 0 Å². The van der Waals surface area contributed by atoms with E-state index in [2.05, 4.69) is 29.7 Å². The lowest BCUT2D eigenvalue weighted by Crippen LogP contribution is -2.47. The number of sulfonamides is 3. The van der Waals surface area contributed by atoms with Crippen LogP contribution >= 0.6 is 0 Å². The van der Waals surface area contributed by atoms with Crippen molar-refractivity contribution in [2.75, 3.05) is 39.4 Å². The Bertz CT molecular complexity index is 5240. The van der Waals surface area contributed by atoms with E-state index in [-0.39, 0.29) is 52.3 Å². The van der Waals surface area contributed by atoms with E-state index in [9.17, 15) is 64.8 Å². The highest BCUT2D eigenvalue weighted by molar-refractivity contribution is 7.93. The van der Waals surface area contributed by atoms with E-state index in [0.29, 0.717) is 126 Å². The van der Waals surface area contributed by atoms with Crippen LogP contribution in [0.15, 0.2) is 174 Å². The molecule has 0 bridgehead atoms. The molecule has 10 aromatic rings. The van der Waals surface area contributed by atoms with Crippen LogP contribution < -0.4 is 14.4 Å². The fraction of sp³-hybridized carbons (Fsp3) is 0.287. The van der Waals surface area contributed by atoms with Gasteiger partial charge in [0, 0.05) is 101 Å². The largest absolute Gasteiger partial charge is 0.379 e. The fourth-order valence-electron chi connectivity index (χ4n) is 14.8. The van der Waals surface area contributed by atoms with Crippen LogP contribution in [0.25, 0.3) is 35.3 Å². The van der Waals surface area contributed by atoms with Gasteiger partial charge in [-0.15, -0.1) is 9.66 Å². The Morgan fingerprint density at radius 3 is 1.12 bits per heavy atom. The minimum atomic E-state index is -3.83. The Labute approximate surface area is 631 Å². The molecule has 18 nitrogen and oxygen atoms in total. The molecule has 0 radical (unpaired) electrons. The van der Waals surface area contributed by atoms with Crippen molar-refractivity contribution in [2.45, 2.75) is 108 Å². The van der Waals surface area contributed by atoms with Crippen LogP contribution in [0.3, 0.4) is 0 Å². The lowest BCUT2D eigenvalue weighted by Gasteiger charge is -2.25. The van der Waals surface area contributed by atoms with E-state index in [1.807, 2.05) is 48.5 Å². The van der Waals surface area contributed by atoms with Gasteiger partial charge >= 0.3 is 0 Å². The number of halogens is 9. The summed E-state index contributed by atoms with van der Waals surface area (Å²) < 4.78 is 215. The lowest BCUT2D eigenvalue weighted by molar-refractivity contribution is 0.0274. The number of nitrogens with zero attached hydrogens (tertiary/aromatic N) is 8. The highest BCUT2D eigenvalue weighted by Crippen LogP contribution is 2.43. The molecule has 5 heterocycles. The summed E-state index contributed by atoms with van der Waals surface area (Å²) in [5.74, 6) is -5.80. The van der Waals surface area contributed by atoms with Crippen molar-refractivity contribution >= 4 is 48.3 Å². The third-order valence-corrected chi connectivity index (χ3v) is 23.0. The number of piperidine rings is 1. The molecule has 3 N–H and O–H groups in total. The van der Waals surface area contributed by atoms with Crippen molar-refractivity contribution in [3.8, 4) is 17.1 Å². The average molecular weight is 1570 g/mol. The van der Waals surface area contributed by atoms with Gasteiger partial charge in [0.05, 0.1) is 47.4 Å². The van der Waals surface area contributed by atoms with Crippen LogP contribution in [-0.2, 0) is 73.3 Å². The molecule has 0 amide bonds. The maximum absolute atomic E-state index is 14.8. The number of ether oxygens (including phenoxy) is 1. The SMILES string of the molecule is C[C@H](NS(=O)(=O)/C=C/c1nn(-c2ccc(F)cc2F)c2c1CCC2Cc1cccc(F)c1)c1ccccc1.O=S(=O)(/C=C/c1nn(-c2ccc(F)cc2F)c2c1CCC2Cc1cccc(F)c1)NN1CCCCC1.O=S(=O)(/C=C/c1nn(-c2ccc(F)cc2F)c2c1CCC2Cc1cccc(F)c1)NN1CCOCC1. The molecule has 3 unspecified atom stereocenters. The van der Waals surface area contributed by atoms with Gasteiger partial charge in [0.1, 0.15) is 52.0 Å². The fourth-order valence-corrected chi connectivity index (χ4v) is 17.6. The van der Waals surface area contributed by atoms with Crippen molar-refractivity contribution < 1.29 is 69.5 Å². The second kappa shape index (κ2) is 34.3. The number of hydrogen-bond acceptors (Lipinski definition) is 12. The average Bonchev–Trinajstić information content (AvgIpc) is 1.61. The van der Waals surface area contributed by atoms with Crippen LogP contribution in [0.5, 0.6) is 0 Å². The molecule has 0 saturated carbocycles.